The van der Waals surface area contributed by atoms with Gasteiger partial charge in [-0.2, -0.15) is 5.10 Å². The topological polar surface area (TPSA) is 67.2 Å². The van der Waals surface area contributed by atoms with Crippen molar-refractivity contribution in [1.29, 1.82) is 0 Å². The molecule has 17 heavy (non-hydrogen) atoms. The molecule has 2 unspecified atom stereocenters. The van der Waals surface area contributed by atoms with Crippen molar-refractivity contribution in [2.45, 2.75) is 44.2 Å². The van der Waals surface area contributed by atoms with Crippen molar-refractivity contribution in [3.05, 3.63) is 18.5 Å². The zero-order valence-electron chi connectivity index (χ0n) is 10.1. The molecule has 1 aliphatic carbocycles. The molecule has 0 amide bonds. The number of nitrogens with zero attached hydrogens (tertiary/aromatic N) is 2. The molecule has 2 rings (SSSR count). The van der Waals surface area contributed by atoms with E-state index in [4.69, 9.17) is 0 Å². The summed E-state index contributed by atoms with van der Waals surface area (Å²) in [5.74, 6) is -0.740. The Hall–Kier alpha value is -1.36. The monoisotopic (exact) mass is 237 g/mol. The fourth-order valence-electron chi connectivity index (χ4n) is 2.74. The molecule has 0 spiro atoms. The number of hydrogen-bond acceptors (Lipinski definition) is 3. The Bertz CT molecular complexity index is 373. The molecular formula is C12H19N3O2. The van der Waals surface area contributed by atoms with Gasteiger partial charge in [0.2, 0.25) is 0 Å². The SMILES string of the molecule is CCNC1(C(=O)O)CCCC(n2cccn2)C1. The third-order valence-corrected chi connectivity index (χ3v) is 3.55. The van der Waals surface area contributed by atoms with Crippen LogP contribution in [0.3, 0.4) is 0 Å². The molecule has 0 aromatic carbocycles. The smallest absolute Gasteiger partial charge is 0.323 e. The summed E-state index contributed by atoms with van der Waals surface area (Å²) in [6.45, 7) is 2.63. The van der Waals surface area contributed by atoms with Gasteiger partial charge in [-0.1, -0.05) is 6.92 Å². The Morgan fingerprint density at radius 1 is 1.71 bits per heavy atom. The highest BCUT2D eigenvalue weighted by Crippen LogP contribution is 2.35. The van der Waals surface area contributed by atoms with Crippen LogP contribution in [0.5, 0.6) is 0 Å². The minimum atomic E-state index is -0.774. The maximum atomic E-state index is 11.5. The highest BCUT2D eigenvalue weighted by atomic mass is 16.4. The number of carboxylic acid groups (broad SMARTS) is 1. The zero-order chi connectivity index (χ0) is 12.3. The molecule has 2 atom stereocenters. The predicted molar refractivity (Wildman–Crippen MR) is 63.8 cm³/mol. The number of carboxylic acids is 1. The molecule has 1 aliphatic rings. The molecule has 1 aromatic heterocycles. The van der Waals surface area contributed by atoms with Crippen LogP contribution in [0.1, 0.15) is 38.6 Å². The van der Waals surface area contributed by atoms with E-state index in [9.17, 15) is 9.90 Å². The van der Waals surface area contributed by atoms with Crippen LogP contribution < -0.4 is 5.32 Å². The van der Waals surface area contributed by atoms with Crippen LogP contribution in [-0.2, 0) is 4.79 Å². The normalized spacial score (nSPS) is 29.1. The van der Waals surface area contributed by atoms with E-state index in [1.54, 1.807) is 6.20 Å². The second-order valence-corrected chi connectivity index (χ2v) is 4.65. The van der Waals surface area contributed by atoms with Crippen LogP contribution in [0.25, 0.3) is 0 Å². The van der Waals surface area contributed by atoms with Gasteiger partial charge in [0, 0.05) is 12.4 Å². The number of aromatic nitrogens is 2. The average Bonchev–Trinajstić information content (AvgIpc) is 2.83. The molecule has 1 aromatic rings. The van der Waals surface area contributed by atoms with Crippen molar-refractivity contribution in [1.82, 2.24) is 15.1 Å². The van der Waals surface area contributed by atoms with Crippen LogP contribution >= 0.6 is 0 Å². The number of hydrogen-bond donors (Lipinski definition) is 2. The fourth-order valence-corrected chi connectivity index (χ4v) is 2.74. The number of nitrogens with one attached hydrogen (secondary N) is 1. The van der Waals surface area contributed by atoms with Gasteiger partial charge in [-0.05, 0) is 38.3 Å². The van der Waals surface area contributed by atoms with Gasteiger partial charge in [-0.25, -0.2) is 0 Å². The summed E-state index contributed by atoms with van der Waals surface area (Å²) in [5, 5.41) is 16.8. The Kier molecular flexibility index (Phi) is 3.47. The van der Waals surface area contributed by atoms with E-state index in [1.807, 2.05) is 23.9 Å². The lowest BCUT2D eigenvalue weighted by molar-refractivity contribution is -0.147. The summed E-state index contributed by atoms with van der Waals surface area (Å²) in [6.07, 6.45) is 6.89. The van der Waals surface area contributed by atoms with Gasteiger partial charge < -0.3 is 10.4 Å². The Balaban J connectivity index is 2.17. The van der Waals surface area contributed by atoms with Gasteiger partial charge in [-0.3, -0.25) is 9.48 Å². The minimum Gasteiger partial charge on any atom is -0.480 e. The summed E-state index contributed by atoms with van der Waals surface area (Å²) in [4.78, 5) is 11.5. The number of carbonyl (C=O) groups is 1. The largest absolute Gasteiger partial charge is 0.480 e. The van der Waals surface area contributed by atoms with Gasteiger partial charge >= 0.3 is 5.97 Å². The van der Waals surface area contributed by atoms with Gasteiger partial charge in [0.1, 0.15) is 5.54 Å². The van der Waals surface area contributed by atoms with E-state index in [-0.39, 0.29) is 6.04 Å². The maximum Gasteiger partial charge on any atom is 0.323 e. The molecule has 0 bridgehead atoms. The van der Waals surface area contributed by atoms with Crippen molar-refractivity contribution < 1.29 is 9.90 Å². The Morgan fingerprint density at radius 3 is 3.12 bits per heavy atom. The molecule has 5 heteroatoms. The number of aliphatic carboxylic acids is 1. The Morgan fingerprint density at radius 2 is 2.53 bits per heavy atom. The molecule has 0 radical (unpaired) electrons. The van der Waals surface area contributed by atoms with E-state index in [2.05, 4.69) is 10.4 Å². The van der Waals surface area contributed by atoms with Gasteiger partial charge in [0.15, 0.2) is 0 Å². The molecular weight excluding hydrogens is 218 g/mol. The lowest BCUT2D eigenvalue weighted by Crippen LogP contribution is -2.55. The van der Waals surface area contributed by atoms with Crippen molar-refractivity contribution >= 4 is 5.97 Å². The van der Waals surface area contributed by atoms with Crippen LogP contribution in [-0.4, -0.2) is 32.9 Å². The molecule has 0 saturated heterocycles. The molecule has 5 nitrogen and oxygen atoms in total. The summed E-state index contributed by atoms with van der Waals surface area (Å²) in [6, 6.07) is 2.07. The first-order valence-corrected chi connectivity index (χ1v) is 6.15. The van der Waals surface area contributed by atoms with E-state index in [1.165, 1.54) is 0 Å². The summed E-state index contributed by atoms with van der Waals surface area (Å²) >= 11 is 0. The summed E-state index contributed by atoms with van der Waals surface area (Å²) < 4.78 is 1.88. The number of likely N-dealkylation sites (N-methyl/N-ethyl adjacent to an activating group) is 1. The van der Waals surface area contributed by atoms with Crippen LogP contribution in [0.4, 0.5) is 0 Å². The second-order valence-electron chi connectivity index (χ2n) is 4.65. The van der Waals surface area contributed by atoms with E-state index in [0.717, 1.165) is 12.8 Å². The third-order valence-electron chi connectivity index (χ3n) is 3.55. The predicted octanol–water partition coefficient (Wildman–Crippen LogP) is 1.43. The molecule has 1 heterocycles. The molecule has 1 fully saturated rings. The summed E-state index contributed by atoms with van der Waals surface area (Å²) in [7, 11) is 0. The molecule has 2 N–H and O–H groups in total. The average molecular weight is 237 g/mol. The molecule has 0 aliphatic heterocycles. The van der Waals surface area contributed by atoms with Crippen LogP contribution in [0.15, 0.2) is 18.5 Å². The van der Waals surface area contributed by atoms with E-state index >= 15 is 0 Å². The van der Waals surface area contributed by atoms with Crippen molar-refractivity contribution in [3.8, 4) is 0 Å². The first kappa shape index (κ1) is 12.1. The molecule has 94 valence electrons. The van der Waals surface area contributed by atoms with Gasteiger partial charge in [0.25, 0.3) is 0 Å². The zero-order valence-corrected chi connectivity index (χ0v) is 10.1. The van der Waals surface area contributed by atoms with Gasteiger partial charge in [0.05, 0.1) is 6.04 Å². The standard InChI is InChI=1S/C12H19N3O2/c1-2-13-12(11(16)17)6-3-5-10(9-12)15-8-4-7-14-15/h4,7-8,10,13H,2-3,5-6,9H2,1H3,(H,16,17). The minimum absolute atomic E-state index is 0.189. The van der Waals surface area contributed by atoms with E-state index < -0.39 is 11.5 Å². The summed E-state index contributed by atoms with van der Waals surface area (Å²) in [5.41, 5.74) is -0.774. The van der Waals surface area contributed by atoms with Crippen LogP contribution in [0.2, 0.25) is 0 Å². The van der Waals surface area contributed by atoms with Crippen molar-refractivity contribution in [2.75, 3.05) is 6.54 Å². The fraction of sp³-hybridized carbons (Fsp3) is 0.667. The lowest BCUT2D eigenvalue weighted by Gasteiger charge is -2.38. The van der Waals surface area contributed by atoms with Crippen molar-refractivity contribution in [3.63, 3.8) is 0 Å². The highest BCUT2D eigenvalue weighted by Gasteiger charge is 2.42. The van der Waals surface area contributed by atoms with Gasteiger partial charge in [-0.15, -0.1) is 0 Å². The first-order valence-electron chi connectivity index (χ1n) is 6.15. The lowest BCUT2D eigenvalue weighted by atomic mass is 9.79. The first-order chi connectivity index (χ1) is 8.18. The maximum absolute atomic E-state index is 11.5. The highest BCUT2D eigenvalue weighted by molar-refractivity contribution is 5.79. The second kappa shape index (κ2) is 4.87. The molecule has 1 saturated carbocycles. The van der Waals surface area contributed by atoms with Crippen LogP contribution in [0, 0.1) is 0 Å². The van der Waals surface area contributed by atoms with E-state index in [0.29, 0.717) is 19.4 Å². The quantitative estimate of drug-likeness (QED) is 0.831. The third kappa shape index (κ3) is 2.34. The Labute approximate surface area is 101 Å². The van der Waals surface area contributed by atoms with Crippen molar-refractivity contribution in [2.24, 2.45) is 0 Å². The number of rotatable bonds is 4.